The molecule has 0 saturated carbocycles. The second kappa shape index (κ2) is 7.39. The molecule has 26 heavy (non-hydrogen) atoms. The minimum absolute atomic E-state index is 0.0283. The molecule has 4 rings (SSSR count). The Bertz CT molecular complexity index is 781. The largest absolute Gasteiger partial charge is 0.461 e. The van der Waals surface area contributed by atoms with Gasteiger partial charge in [-0.1, -0.05) is 0 Å². The van der Waals surface area contributed by atoms with Crippen LogP contribution in [-0.4, -0.2) is 72.4 Å². The third kappa shape index (κ3) is 3.49. The first-order chi connectivity index (χ1) is 12.6. The maximum absolute atomic E-state index is 13.0. The monoisotopic (exact) mass is 358 g/mol. The minimum atomic E-state index is -0.398. The van der Waals surface area contributed by atoms with E-state index in [2.05, 4.69) is 4.90 Å². The lowest BCUT2D eigenvalue weighted by molar-refractivity contribution is -0.0222. The van der Waals surface area contributed by atoms with Crippen molar-refractivity contribution in [1.29, 1.82) is 0 Å². The molecule has 1 amide bonds. The average Bonchev–Trinajstić information content (AvgIpc) is 2.92. The summed E-state index contributed by atoms with van der Waals surface area (Å²) in [5.74, 6) is 0.872. The molecule has 3 heterocycles. The second-order valence-corrected chi connectivity index (χ2v) is 7.26. The summed E-state index contributed by atoms with van der Waals surface area (Å²) in [6.45, 7) is 6.30. The summed E-state index contributed by atoms with van der Waals surface area (Å²) in [5, 5.41) is 11.5. The molecule has 6 heteroatoms. The Labute approximate surface area is 153 Å². The fourth-order valence-electron chi connectivity index (χ4n) is 4.10. The van der Waals surface area contributed by atoms with E-state index in [0.29, 0.717) is 25.1 Å². The molecule has 0 aliphatic carbocycles. The SMILES string of the molecule is Cc1cc2cc(C(=O)N3CC[C@H](O)[C@@H](N4CCOCC4)CC3)ccc2o1. The molecular weight excluding hydrogens is 332 g/mol. The van der Waals surface area contributed by atoms with Gasteiger partial charge in [-0.05, 0) is 44.0 Å². The number of benzene rings is 1. The highest BCUT2D eigenvalue weighted by atomic mass is 16.5. The van der Waals surface area contributed by atoms with Crippen molar-refractivity contribution in [2.24, 2.45) is 0 Å². The number of likely N-dealkylation sites (tertiary alicyclic amines) is 1. The van der Waals surface area contributed by atoms with Crippen molar-refractivity contribution in [3.05, 3.63) is 35.6 Å². The molecule has 1 N–H and O–H groups in total. The number of morpholine rings is 1. The molecule has 2 atom stereocenters. The standard InChI is InChI=1S/C20H26N2O4/c1-14-12-16-13-15(2-3-19(16)26-14)20(24)22-6-4-17(18(23)5-7-22)21-8-10-25-11-9-21/h2-3,12-13,17-18,23H,4-11H2,1H3/t17-,18-/m0/s1. The highest BCUT2D eigenvalue weighted by molar-refractivity contribution is 5.97. The molecule has 2 saturated heterocycles. The molecule has 2 aliphatic heterocycles. The smallest absolute Gasteiger partial charge is 0.253 e. The summed E-state index contributed by atoms with van der Waals surface area (Å²) in [5.41, 5.74) is 1.48. The highest BCUT2D eigenvalue weighted by Crippen LogP contribution is 2.23. The van der Waals surface area contributed by atoms with Crippen molar-refractivity contribution in [3.8, 4) is 0 Å². The molecule has 2 aliphatic rings. The number of aliphatic hydroxyl groups is 1. The number of carbonyl (C=O) groups excluding carboxylic acids is 1. The van der Waals surface area contributed by atoms with Gasteiger partial charge in [0, 0.05) is 43.2 Å². The number of amides is 1. The molecule has 0 bridgehead atoms. The van der Waals surface area contributed by atoms with Crippen LogP contribution < -0.4 is 0 Å². The van der Waals surface area contributed by atoms with Gasteiger partial charge in [0.15, 0.2) is 0 Å². The van der Waals surface area contributed by atoms with Crippen LogP contribution in [0.3, 0.4) is 0 Å². The van der Waals surface area contributed by atoms with E-state index in [1.54, 1.807) is 0 Å². The molecule has 0 radical (unpaired) electrons. The van der Waals surface area contributed by atoms with Crippen LogP contribution in [0.25, 0.3) is 11.0 Å². The Hall–Kier alpha value is -1.89. The maximum Gasteiger partial charge on any atom is 0.253 e. The second-order valence-electron chi connectivity index (χ2n) is 7.26. The number of fused-ring (bicyclic) bond motifs is 1. The summed E-state index contributed by atoms with van der Waals surface area (Å²) in [6.07, 6.45) is 1.01. The molecule has 2 aromatic rings. The predicted octanol–water partition coefficient (Wildman–Crippen LogP) is 2.04. The number of hydrogen-bond acceptors (Lipinski definition) is 5. The van der Waals surface area contributed by atoms with E-state index in [1.807, 2.05) is 36.1 Å². The quantitative estimate of drug-likeness (QED) is 0.890. The van der Waals surface area contributed by atoms with Crippen LogP contribution in [0.2, 0.25) is 0 Å². The van der Waals surface area contributed by atoms with Gasteiger partial charge in [0.25, 0.3) is 5.91 Å². The Balaban J connectivity index is 1.47. The van der Waals surface area contributed by atoms with Crippen molar-refractivity contribution in [3.63, 3.8) is 0 Å². The van der Waals surface area contributed by atoms with Crippen molar-refractivity contribution < 1.29 is 19.1 Å². The van der Waals surface area contributed by atoms with Gasteiger partial charge >= 0.3 is 0 Å². The molecule has 0 spiro atoms. The van der Waals surface area contributed by atoms with Crippen LogP contribution in [0.15, 0.2) is 28.7 Å². The summed E-state index contributed by atoms with van der Waals surface area (Å²) >= 11 is 0. The Morgan fingerprint density at radius 2 is 1.88 bits per heavy atom. The molecule has 2 fully saturated rings. The fraction of sp³-hybridized carbons (Fsp3) is 0.550. The van der Waals surface area contributed by atoms with Gasteiger partial charge < -0.3 is 19.2 Å². The zero-order valence-corrected chi connectivity index (χ0v) is 15.2. The zero-order chi connectivity index (χ0) is 18.1. The van der Waals surface area contributed by atoms with Gasteiger partial charge in [-0.2, -0.15) is 0 Å². The van der Waals surface area contributed by atoms with E-state index >= 15 is 0 Å². The van der Waals surface area contributed by atoms with Crippen LogP contribution in [0, 0.1) is 6.92 Å². The van der Waals surface area contributed by atoms with Gasteiger partial charge in [0.2, 0.25) is 0 Å². The van der Waals surface area contributed by atoms with E-state index in [-0.39, 0.29) is 11.9 Å². The Morgan fingerprint density at radius 1 is 1.12 bits per heavy atom. The van der Waals surface area contributed by atoms with Gasteiger partial charge in [-0.25, -0.2) is 0 Å². The number of furan rings is 1. The van der Waals surface area contributed by atoms with Crippen molar-refractivity contribution in [2.45, 2.75) is 31.9 Å². The van der Waals surface area contributed by atoms with Crippen molar-refractivity contribution in [2.75, 3.05) is 39.4 Å². The van der Waals surface area contributed by atoms with Crippen LogP contribution in [0.1, 0.15) is 29.0 Å². The predicted molar refractivity (Wildman–Crippen MR) is 98.3 cm³/mol. The van der Waals surface area contributed by atoms with Crippen LogP contribution in [-0.2, 0) is 4.74 Å². The third-order valence-corrected chi connectivity index (χ3v) is 5.52. The molecule has 1 aromatic carbocycles. The lowest BCUT2D eigenvalue weighted by Crippen LogP contribution is -2.49. The molecular formula is C20H26N2O4. The number of ether oxygens (including phenoxy) is 1. The minimum Gasteiger partial charge on any atom is -0.461 e. The third-order valence-electron chi connectivity index (χ3n) is 5.52. The van der Waals surface area contributed by atoms with Gasteiger partial charge in [0.05, 0.1) is 19.3 Å². The van der Waals surface area contributed by atoms with Crippen molar-refractivity contribution >= 4 is 16.9 Å². The van der Waals surface area contributed by atoms with Crippen LogP contribution in [0.5, 0.6) is 0 Å². The van der Waals surface area contributed by atoms with Gasteiger partial charge in [0.1, 0.15) is 11.3 Å². The number of rotatable bonds is 2. The molecule has 0 unspecified atom stereocenters. The first-order valence-corrected chi connectivity index (χ1v) is 9.41. The summed E-state index contributed by atoms with van der Waals surface area (Å²) in [6, 6.07) is 7.64. The van der Waals surface area contributed by atoms with Gasteiger partial charge in [-0.3, -0.25) is 9.69 Å². The van der Waals surface area contributed by atoms with E-state index in [1.165, 1.54) is 0 Å². The number of aryl methyl sites for hydroxylation is 1. The lowest BCUT2D eigenvalue weighted by Gasteiger charge is -2.36. The average molecular weight is 358 g/mol. The number of aliphatic hydroxyl groups excluding tert-OH is 1. The summed E-state index contributed by atoms with van der Waals surface area (Å²) < 4.78 is 11.0. The summed E-state index contributed by atoms with van der Waals surface area (Å²) in [4.78, 5) is 17.2. The normalized spacial score (nSPS) is 25.4. The first-order valence-electron chi connectivity index (χ1n) is 9.41. The summed E-state index contributed by atoms with van der Waals surface area (Å²) in [7, 11) is 0. The van der Waals surface area contributed by atoms with Crippen molar-refractivity contribution in [1.82, 2.24) is 9.80 Å². The molecule has 140 valence electrons. The van der Waals surface area contributed by atoms with E-state index in [9.17, 15) is 9.90 Å². The Morgan fingerprint density at radius 3 is 2.69 bits per heavy atom. The Kier molecular flexibility index (Phi) is 4.98. The zero-order valence-electron chi connectivity index (χ0n) is 15.2. The molecule has 1 aromatic heterocycles. The molecule has 6 nitrogen and oxygen atoms in total. The van der Waals surface area contributed by atoms with E-state index in [4.69, 9.17) is 9.15 Å². The highest BCUT2D eigenvalue weighted by Gasteiger charge is 2.32. The number of hydrogen-bond donors (Lipinski definition) is 1. The number of carbonyl (C=O) groups is 1. The topological polar surface area (TPSA) is 66.2 Å². The maximum atomic E-state index is 13.0. The van der Waals surface area contributed by atoms with E-state index in [0.717, 1.165) is 49.5 Å². The lowest BCUT2D eigenvalue weighted by atomic mass is 10.0. The van der Waals surface area contributed by atoms with Gasteiger partial charge in [-0.15, -0.1) is 0 Å². The van der Waals surface area contributed by atoms with Crippen LogP contribution in [0.4, 0.5) is 0 Å². The fourth-order valence-corrected chi connectivity index (χ4v) is 4.10. The number of nitrogens with zero attached hydrogens (tertiary/aromatic N) is 2. The van der Waals surface area contributed by atoms with Crippen LogP contribution >= 0.6 is 0 Å². The first kappa shape index (κ1) is 17.5. The van der Waals surface area contributed by atoms with E-state index < -0.39 is 6.10 Å².